The van der Waals surface area contributed by atoms with Crippen molar-refractivity contribution in [1.29, 1.82) is 0 Å². The standard InChI is InChI=1S/C21H20N2O3/c24-19-15-8-2-4-10-18(15)22-12-16(19)20(25)23-13-21(26)11-5-7-14-6-1-3-9-17(14)21/h1-4,6,8-10,12,26H,5,7,11,13H2,(H,22,24)(H,23,25)/t21-/m0/s1. The Kier molecular flexibility index (Phi) is 4.09. The van der Waals surface area contributed by atoms with Gasteiger partial charge in [-0.3, -0.25) is 9.59 Å². The molecular weight excluding hydrogens is 328 g/mol. The summed E-state index contributed by atoms with van der Waals surface area (Å²) < 4.78 is 0. The number of aryl methyl sites for hydroxylation is 1. The molecule has 0 fully saturated rings. The topological polar surface area (TPSA) is 82.2 Å². The summed E-state index contributed by atoms with van der Waals surface area (Å²) in [5.41, 5.74) is 1.30. The molecule has 0 spiro atoms. The van der Waals surface area contributed by atoms with Crippen molar-refractivity contribution in [3.63, 3.8) is 0 Å². The van der Waals surface area contributed by atoms with Crippen LogP contribution in [-0.2, 0) is 12.0 Å². The van der Waals surface area contributed by atoms with Gasteiger partial charge in [0.1, 0.15) is 11.2 Å². The molecule has 1 aliphatic rings. The molecule has 4 rings (SSSR count). The van der Waals surface area contributed by atoms with Crippen LogP contribution in [0.3, 0.4) is 0 Å². The van der Waals surface area contributed by atoms with Gasteiger partial charge < -0.3 is 15.4 Å². The van der Waals surface area contributed by atoms with Gasteiger partial charge in [0.2, 0.25) is 5.43 Å². The molecule has 0 saturated heterocycles. The third kappa shape index (κ3) is 2.80. The van der Waals surface area contributed by atoms with E-state index in [0.717, 1.165) is 24.0 Å². The number of hydrogen-bond acceptors (Lipinski definition) is 3. The van der Waals surface area contributed by atoms with Crippen molar-refractivity contribution in [1.82, 2.24) is 10.3 Å². The summed E-state index contributed by atoms with van der Waals surface area (Å²) in [6.45, 7) is 0.0785. The number of pyridine rings is 1. The minimum Gasteiger partial charge on any atom is -0.383 e. The van der Waals surface area contributed by atoms with Crippen molar-refractivity contribution in [3.05, 3.63) is 81.6 Å². The molecule has 1 aliphatic carbocycles. The summed E-state index contributed by atoms with van der Waals surface area (Å²) in [5, 5.41) is 14.3. The van der Waals surface area contributed by atoms with E-state index in [9.17, 15) is 14.7 Å². The van der Waals surface area contributed by atoms with Gasteiger partial charge >= 0.3 is 0 Å². The maximum Gasteiger partial charge on any atom is 0.256 e. The fraction of sp³-hybridized carbons (Fsp3) is 0.238. The molecule has 3 N–H and O–H groups in total. The fourth-order valence-corrected chi connectivity index (χ4v) is 3.74. The quantitative estimate of drug-likeness (QED) is 0.680. The first-order chi connectivity index (χ1) is 12.6. The molecule has 1 heterocycles. The Morgan fingerprint density at radius 1 is 1.15 bits per heavy atom. The first-order valence-corrected chi connectivity index (χ1v) is 8.78. The van der Waals surface area contributed by atoms with Gasteiger partial charge in [-0.05, 0) is 42.5 Å². The summed E-state index contributed by atoms with van der Waals surface area (Å²) in [6, 6.07) is 14.8. The lowest BCUT2D eigenvalue weighted by Crippen LogP contribution is -2.43. The number of carbonyl (C=O) groups is 1. The highest BCUT2D eigenvalue weighted by Gasteiger charge is 2.34. The van der Waals surface area contributed by atoms with Crippen molar-refractivity contribution in [2.45, 2.75) is 24.9 Å². The number of para-hydroxylation sites is 1. The normalized spacial score (nSPS) is 19.1. The zero-order valence-electron chi connectivity index (χ0n) is 14.3. The van der Waals surface area contributed by atoms with E-state index in [4.69, 9.17) is 0 Å². The lowest BCUT2D eigenvalue weighted by Gasteiger charge is -2.34. The van der Waals surface area contributed by atoms with Gasteiger partial charge in [0.15, 0.2) is 0 Å². The molecule has 0 unspecified atom stereocenters. The summed E-state index contributed by atoms with van der Waals surface area (Å²) >= 11 is 0. The second-order valence-corrected chi connectivity index (χ2v) is 6.80. The molecule has 1 atom stereocenters. The second kappa shape index (κ2) is 6.42. The van der Waals surface area contributed by atoms with Crippen LogP contribution >= 0.6 is 0 Å². The number of fused-ring (bicyclic) bond motifs is 2. The lowest BCUT2D eigenvalue weighted by molar-refractivity contribution is 0.0189. The summed E-state index contributed by atoms with van der Waals surface area (Å²) in [7, 11) is 0. The number of carbonyl (C=O) groups excluding carboxylic acids is 1. The van der Waals surface area contributed by atoms with Crippen LogP contribution in [0.5, 0.6) is 0 Å². The third-order valence-corrected chi connectivity index (χ3v) is 5.13. The number of aliphatic hydroxyl groups is 1. The van der Waals surface area contributed by atoms with Crippen LogP contribution in [0, 0.1) is 0 Å². The van der Waals surface area contributed by atoms with Crippen LogP contribution in [0.1, 0.15) is 34.3 Å². The highest BCUT2D eigenvalue weighted by Crippen LogP contribution is 2.34. The van der Waals surface area contributed by atoms with Crippen molar-refractivity contribution < 1.29 is 9.90 Å². The zero-order chi connectivity index (χ0) is 18.1. The predicted molar refractivity (Wildman–Crippen MR) is 100 cm³/mol. The monoisotopic (exact) mass is 348 g/mol. The van der Waals surface area contributed by atoms with Crippen LogP contribution < -0.4 is 10.7 Å². The molecule has 0 bridgehead atoms. The molecule has 132 valence electrons. The molecule has 5 heteroatoms. The molecule has 2 aromatic carbocycles. The Morgan fingerprint density at radius 2 is 1.92 bits per heavy atom. The number of amides is 1. The van der Waals surface area contributed by atoms with E-state index in [-0.39, 0.29) is 17.5 Å². The van der Waals surface area contributed by atoms with E-state index < -0.39 is 11.5 Å². The average molecular weight is 348 g/mol. The number of aromatic amines is 1. The van der Waals surface area contributed by atoms with E-state index in [0.29, 0.717) is 17.3 Å². The van der Waals surface area contributed by atoms with Gasteiger partial charge in [0.05, 0.1) is 6.54 Å². The number of benzene rings is 2. The van der Waals surface area contributed by atoms with Gasteiger partial charge in [-0.2, -0.15) is 0 Å². The number of H-pyrrole nitrogens is 1. The largest absolute Gasteiger partial charge is 0.383 e. The number of rotatable bonds is 3. The van der Waals surface area contributed by atoms with Crippen LogP contribution in [0.4, 0.5) is 0 Å². The van der Waals surface area contributed by atoms with Crippen LogP contribution in [0.25, 0.3) is 10.9 Å². The van der Waals surface area contributed by atoms with Crippen LogP contribution in [0.15, 0.2) is 59.5 Å². The van der Waals surface area contributed by atoms with E-state index >= 15 is 0 Å². The third-order valence-electron chi connectivity index (χ3n) is 5.13. The fourth-order valence-electron chi connectivity index (χ4n) is 3.74. The average Bonchev–Trinajstić information content (AvgIpc) is 2.67. The second-order valence-electron chi connectivity index (χ2n) is 6.80. The Morgan fingerprint density at radius 3 is 2.81 bits per heavy atom. The number of aromatic nitrogens is 1. The lowest BCUT2D eigenvalue weighted by atomic mass is 9.79. The molecule has 1 aromatic heterocycles. The van der Waals surface area contributed by atoms with E-state index in [1.807, 2.05) is 30.3 Å². The molecule has 5 nitrogen and oxygen atoms in total. The Balaban J connectivity index is 1.59. The van der Waals surface area contributed by atoms with Gasteiger partial charge in [-0.15, -0.1) is 0 Å². The van der Waals surface area contributed by atoms with Crippen molar-refractivity contribution >= 4 is 16.8 Å². The first kappa shape index (κ1) is 16.5. The Bertz CT molecular complexity index is 1040. The van der Waals surface area contributed by atoms with Crippen molar-refractivity contribution in [2.24, 2.45) is 0 Å². The highest BCUT2D eigenvalue weighted by molar-refractivity contribution is 5.97. The summed E-state index contributed by atoms with van der Waals surface area (Å²) in [6.07, 6.45) is 3.80. The maximum atomic E-state index is 12.6. The van der Waals surface area contributed by atoms with Gasteiger partial charge in [0.25, 0.3) is 5.91 Å². The molecule has 26 heavy (non-hydrogen) atoms. The number of hydrogen-bond donors (Lipinski definition) is 3. The van der Waals surface area contributed by atoms with Crippen LogP contribution in [-0.4, -0.2) is 22.5 Å². The van der Waals surface area contributed by atoms with Crippen LogP contribution in [0.2, 0.25) is 0 Å². The molecular formula is C21H20N2O3. The Hall–Kier alpha value is -2.92. The highest BCUT2D eigenvalue weighted by atomic mass is 16.3. The summed E-state index contributed by atoms with van der Waals surface area (Å²) in [5.74, 6) is -0.478. The minimum atomic E-state index is -1.10. The zero-order valence-corrected chi connectivity index (χ0v) is 14.3. The Labute approximate surface area is 150 Å². The van der Waals surface area contributed by atoms with Gasteiger partial charge in [-0.1, -0.05) is 36.4 Å². The maximum absolute atomic E-state index is 12.6. The van der Waals surface area contributed by atoms with E-state index in [1.54, 1.807) is 18.2 Å². The smallest absolute Gasteiger partial charge is 0.256 e. The van der Waals surface area contributed by atoms with E-state index in [2.05, 4.69) is 10.3 Å². The molecule has 3 aromatic rings. The molecule has 0 saturated carbocycles. The molecule has 0 aliphatic heterocycles. The predicted octanol–water partition coefficient (Wildman–Crippen LogP) is 2.48. The molecule has 1 amide bonds. The van der Waals surface area contributed by atoms with Gasteiger partial charge in [0, 0.05) is 17.1 Å². The summed E-state index contributed by atoms with van der Waals surface area (Å²) in [4.78, 5) is 28.1. The number of nitrogens with one attached hydrogen (secondary N) is 2. The first-order valence-electron chi connectivity index (χ1n) is 8.78. The van der Waals surface area contributed by atoms with Crippen molar-refractivity contribution in [3.8, 4) is 0 Å². The van der Waals surface area contributed by atoms with E-state index in [1.165, 1.54) is 6.20 Å². The van der Waals surface area contributed by atoms with Gasteiger partial charge in [-0.25, -0.2) is 0 Å². The minimum absolute atomic E-state index is 0.0522. The van der Waals surface area contributed by atoms with Crippen molar-refractivity contribution in [2.75, 3.05) is 6.54 Å². The molecule has 0 radical (unpaired) electrons. The SMILES string of the molecule is O=C(NC[C@@]1(O)CCCc2ccccc21)c1c[nH]c2ccccc2c1=O.